The fraction of sp³-hybridized carbons (Fsp3) is 0.636. The van der Waals surface area contributed by atoms with Crippen molar-refractivity contribution >= 4 is 13.3 Å². The fourth-order valence-corrected chi connectivity index (χ4v) is 3.17. The second kappa shape index (κ2) is 6.96. The lowest BCUT2D eigenvalue weighted by atomic mass is 10.1. The average molecular weight is 290 g/mol. The van der Waals surface area contributed by atoms with Crippen molar-refractivity contribution in [3.8, 4) is 0 Å². The van der Waals surface area contributed by atoms with E-state index in [1.165, 1.54) is 0 Å². The van der Waals surface area contributed by atoms with Crippen molar-refractivity contribution in [3.05, 3.63) is 26.0 Å². The first kappa shape index (κ1) is 16.0. The lowest BCUT2D eigenvalue weighted by Crippen LogP contribution is -2.40. The summed E-state index contributed by atoms with van der Waals surface area (Å²) < 4.78 is 22.3. The van der Waals surface area contributed by atoms with Crippen LogP contribution in [0.4, 0.5) is 5.69 Å². The quantitative estimate of drug-likeness (QED) is 0.380. The minimum absolute atomic E-state index is 0.00954. The first-order valence-electron chi connectivity index (χ1n) is 6.11. The Bertz CT molecular complexity index is 525. The van der Waals surface area contributed by atoms with Gasteiger partial charge in [0.05, 0.1) is 25.1 Å². The van der Waals surface area contributed by atoms with Gasteiger partial charge in [0, 0.05) is 18.7 Å². The van der Waals surface area contributed by atoms with Crippen LogP contribution < -0.4 is 21.9 Å². The summed E-state index contributed by atoms with van der Waals surface area (Å²) in [7, 11) is -3.07. The van der Waals surface area contributed by atoms with Gasteiger partial charge in [-0.05, 0) is 13.8 Å². The number of hydrogen-bond acceptors (Lipinski definition) is 7. The zero-order valence-corrected chi connectivity index (χ0v) is 12.0. The van der Waals surface area contributed by atoms with Crippen molar-refractivity contribution < 1.29 is 13.6 Å². The number of rotatable bonds is 9. The summed E-state index contributed by atoms with van der Waals surface area (Å²) in [6, 6.07) is 0. The average Bonchev–Trinajstić information content (AvgIpc) is 2.38. The molecule has 0 radical (unpaired) electrons. The molecular formula is C11H19N2O5P. The summed E-state index contributed by atoms with van der Waals surface area (Å²) in [4.78, 5) is 22.0. The van der Waals surface area contributed by atoms with Gasteiger partial charge in [-0.15, -0.1) is 0 Å². The van der Waals surface area contributed by atoms with Crippen LogP contribution in [0.1, 0.15) is 19.4 Å². The Morgan fingerprint density at radius 2 is 1.74 bits per heavy atom. The molecule has 0 aliphatic carbocycles. The molecule has 3 N–H and O–H groups in total. The molecule has 0 aliphatic heterocycles. The highest BCUT2D eigenvalue weighted by atomic mass is 31.2. The Kier molecular flexibility index (Phi) is 5.87. The Labute approximate surface area is 111 Å². The van der Waals surface area contributed by atoms with Gasteiger partial charge in [0.1, 0.15) is 0 Å². The Hall–Kier alpha value is -1.01. The molecule has 0 heterocycles. The fourth-order valence-electron chi connectivity index (χ4n) is 1.62. The zero-order valence-electron chi connectivity index (χ0n) is 11.1. The molecule has 1 aromatic rings. The minimum Gasteiger partial charge on any atom is -0.395 e. The van der Waals surface area contributed by atoms with E-state index < -0.39 is 18.5 Å². The maximum absolute atomic E-state index is 12.1. The van der Waals surface area contributed by atoms with Gasteiger partial charge < -0.3 is 20.1 Å². The topological polar surface area (TPSA) is 108 Å². The van der Waals surface area contributed by atoms with Crippen LogP contribution in [0.5, 0.6) is 0 Å². The highest BCUT2D eigenvalue weighted by Crippen LogP contribution is 2.47. The van der Waals surface area contributed by atoms with Gasteiger partial charge in [-0.1, -0.05) is 0 Å². The Balaban J connectivity index is 2.40. The highest BCUT2D eigenvalue weighted by Gasteiger charge is 2.23. The standard InChI is InChI=1S/C11H19N2O5P/c1-3-17-19(16,18-4-2)6-5-13-7-8-9(12)11(15)10(8)14/h13H,3-7,12H2,1-2H3. The Morgan fingerprint density at radius 1 is 1.16 bits per heavy atom. The SMILES string of the molecule is CCOP(=O)(CCNCc1c(N)c(=O)c1=O)OCC. The third-order valence-corrected chi connectivity index (χ3v) is 4.64. The number of nitrogen functional groups attached to an aromatic ring is 1. The summed E-state index contributed by atoms with van der Waals surface area (Å²) >= 11 is 0. The van der Waals surface area contributed by atoms with Gasteiger partial charge in [-0.25, -0.2) is 0 Å². The molecule has 0 atom stereocenters. The molecule has 0 saturated carbocycles. The second-order valence-corrected chi connectivity index (χ2v) is 6.08. The largest absolute Gasteiger partial charge is 0.395 e. The molecule has 0 fully saturated rings. The van der Waals surface area contributed by atoms with Crippen molar-refractivity contribution in [3.63, 3.8) is 0 Å². The molecule has 0 bridgehead atoms. The second-order valence-electron chi connectivity index (χ2n) is 3.90. The maximum Gasteiger partial charge on any atom is 0.331 e. The van der Waals surface area contributed by atoms with Crippen LogP contribution in [0.3, 0.4) is 0 Å². The summed E-state index contributed by atoms with van der Waals surface area (Å²) in [5.74, 6) is 0. The molecule has 1 aromatic carbocycles. The van der Waals surface area contributed by atoms with Gasteiger partial charge in [-0.2, -0.15) is 0 Å². The number of nitrogens with one attached hydrogen (secondary N) is 1. The van der Waals surface area contributed by atoms with Gasteiger partial charge in [0.2, 0.25) is 10.9 Å². The van der Waals surface area contributed by atoms with E-state index in [0.717, 1.165) is 0 Å². The summed E-state index contributed by atoms with van der Waals surface area (Å²) in [6.07, 6.45) is 0.198. The van der Waals surface area contributed by atoms with E-state index in [1.807, 2.05) is 0 Å². The molecule has 19 heavy (non-hydrogen) atoms. The zero-order chi connectivity index (χ0) is 14.5. The minimum atomic E-state index is -3.07. The van der Waals surface area contributed by atoms with Gasteiger partial charge in [-0.3, -0.25) is 14.2 Å². The van der Waals surface area contributed by atoms with Gasteiger partial charge in [0.25, 0.3) is 0 Å². The molecular weight excluding hydrogens is 271 g/mol. The van der Waals surface area contributed by atoms with Crippen LogP contribution in [0, 0.1) is 0 Å². The predicted octanol–water partition coefficient (Wildman–Crippen LogP) is 0.221. The summed E-state index contributed by atoms with van der Waals surface area (Å²) in [6.45, 7) is 4.63. The van der Waals surface area contributed by atoms with E-state index in [1.54, 1.807) is 13.8 Å². The van der Waals surface area contributed by atoms with E-state index >= 15 is 0 Å². The monoisotopic (exact) mass is 290 g/mol. The number of anilines is 1. The van der Waals surface area contributed by atoms with Gasteiger partial charge in [0.15, 0.2) is 0 Å². The lowest BCUT2D eigenvalue weighted by Gasteiger charge is -2.17. The van der Waals surface area contributed by atoms with Crippen molar-refractivity contribution in [2.24, 2.45) is 0 Å². The molecule has 1 rings (SSSR count). The van der Waals surface area contributed by atoms with E-state index in [4.69, 9.17) is 14.8 Å². The van der Waals surface area contributed by atoms with E-state index in [2.05, 4.69) is 5.32 Å². The first-order valence-corrected chi connectivity index (χ1v) is 7.84. The molecule has 0 saturated heterocycles. The third-order valence-electron chi connectivity index (χ3n) is 2.57. The normalized spacial score (nSPS) is 12.1. The van der Waals surface area contributed by atoms with Crippen LogP contribution in [0.25, 0.3) is 0 Å². The molecule has 0 aliphatic rings. The molecule has 0 amide bonds. The smallest absolute Gasteiger partial charge is 0.331 e. The number of nitrogens with two attached hydrogens (primary N) is 1. The molecule has 8 heteroatoms. The lowest BCUT2D eigenvalue weighted by molar-refractivity contribution is 0.220. The van der Waals surface area contributed by atoms with Crippen molar-refractivity contribution in [2.45, 2.75) is 20.4 Å². The Morgan fingerprint density at radius 3 is 2.21 bits per heavy atom. The van der Waals surface area contributed by atoms with Crippen LogP contribution >= 0.6 is 7.60 Å². The van der Waals surface area contributed by atoms with Crippen molar-refractivity contribution in [2.75, 3.05) is 31.7 Å². The predicted molar refractivity (Wildman–Crippen MR) is 73.2 cm³/mol. The summed E-state index contributed by atoms with van der Waals surface area (Å²) in [5, 5.41) is 2.90. The molecule has 0 aromatic heterocycles. The van der Waals surface area contributed by atoms with Crippen molar-refractivity contribution in [1.82, 2.24) is 5.32 Å². The van der Waals surface area contributed by atoms with E-state index in [9.17, 15) is 14.2 Å². The van der Waals surface area contributed by atoms with Gasteiger partial charge >= 0.3 is 7.60 Å². The third kappa shape index (κ3) is 3.98. The van der Waals surface area contributed by atoms with Crippen LogP contribution in [0.2, 0.25) is 0 Å². The first-order chi connectivity index (χ1) is 8.95. The summed E-state index contributed by atoms with van der Waals surface area (Å²) in [5.41, 5.74) is 4.49. The van der Waals surface area contributed by atoms with Crippen LogP contribution in [0.15, 0.2) is 9.59 Å². The van der Waals surface area contributed by atoms with Crippen LogP contribution in [-0.4, -0.2) is 25.9 Å². The molecule has 0 unspecified atom stereocenters. The number of hydrogen-bond donors (Lipinski definition) is 2. The molecule has 0 spiro atoms. The van der Waals surface area contributed by atoms with E-state index in [0.29, 0.717) is 19.8 Å². The van der Waals surface area contributed by atoms with Crippen molar-refractivity contribution in [1.29, 1.82) is 0 Å². The maximum atomic E-state index is 12.1. The van der Waals surface area contributed by atoms with E-state index in [-0.39, 0.29) is 24.0 Å². The van der Waals surface area contributed by atoms with Crippen LogP contribution in [-0.2, 0) is 20.2 Å². The molecule has 108 valence electrons. The molecule has 7 nitrogen and oxygen atoms in total. The highest BCUT2D eigenvalue weighted by molar-refractivity contribution is 7.53.